The Kier molecular flexibility index (Phi) is 3.11. The molecule has 0 spiro atoms. The molecule has 0 N–H and O–H groups in total. The Morgan fingerprint density at radius 2 is 1.59 bits per heavy atom. The standard InChI is InChI=1S/C13H7ClF3/c1-7-5-10(16)13(11(17)6-7)12-8(14)3-2-4-9(12)15/h2,4-6H,1H3. The molecule has 0 atom stereocenters. The Hall–Kier alpha value is -1.48. The number of rotatable bonds is 1. The summed E-state index contributed by atoms with van der Waals surface area (Å²) in [5.41, 5.74) is -0.348. The lowest BCUT2D eigenvalue weighted by Gasteiger charge is -2.09. The van der Waals surface area contributed by atoms with E-state index in [4.69, 9.17) is 11.6 Å². The van der Waals surface area contributed by atoms with E-state index in [-0.39, 0.29) is 10.6 Å². The Morgan fingerprint density at radius 1 is 1.00 bits per heavy atom. The summed E-state index contributed by atoms with van der Waals surface area (Å²) < 4.78 is 40.9. The first-order valence-corrected chi connectivity index (χ1v) is 5.20. The summed E-state index contributed by atoms with van der Waals surface area (Å²) in [6.07, 6.45) is 0. The van der Waals surface area contributed by atoms with E-state index in [0.29, 0.717) is 5.56 Å². The van der Waals surface area contributed by atoms with Gasteiger partial charge >= 0.3 is 0 Å². The van der Waals surface area contributed by atoms with Gasteiger partial charge in [-0.2, -0.15) is 0 Å². The summed E-state index contributed by atoms with van der Waals surface area (Å²) in [5.74, 6) is -2.47. The van der Waals surface area contributed by atoms with Gasteiger partial charge in [0.25, 0.3) is 0 Å². The van der Waals surface area contributed by atoms with Crippen LogP contribution < -0.4 is 0 Å². The fourth-order valence-electron chi connectivity index (χ4n) is 1.62. The maximum Gasteiger partial charge on any atom is 0.134 e. The highest BCUT2D eigenvalue weighted by Gasteiger charge is 2.18. The average Bonchev–Trinajstić information content (AvgIpc) is 2.21. The van der Waals surface area contributed by atoms with Gasteiger partial charge in [-0.05, 0) is 36.8 Å². The molecule has 0 fully saturated rings. The fourth-order valence-corrected chi connectivity index (χ4v) is 1.86. The molecule has 2 rings (SSSR count). The quantitative estimate of drug-likeness (QED) is 0.702. The third kappa shape index (κ3) is 2.15. The number of aryl methyl sites for hydroxylation is 1. The molecule has 0 saturated heterocycles. The highest BCUT2D eigenvalue weighted by Crippen LogP contribution is 2.34. The second-order valence-electron chi connectivity index (χ2n) is 3.62. The first-order chi connectivity index (χ1) is 8.00. The Morgan fingerprint density at radius 3 is 2.12 bits per heavy atom. The van der Waals surface area contributed by atoms with Gasteiger partial charge in [-0.25, -0.2) is 13.2 Å². The van der Waals surface area contributed by atoms with Crippen molar-refractivity contribution in [1.29, 1.82) is 0 Å². The van der Waals surface area contributed by atoms with Crippen molar-refractivity contribution in [2.75, 3.05) is 0 Å². The average molecular weight is 256 g/mol. The molecule has 0 amide bonds. The number of hydrogen-bond donors (Lipinski definition) is 0. The lowest BCUT2D eigenvalue weighted by Crippen LogP contribution is -1.95. The van der Waals surface area contributed by atoms with E-state index in [1.807, 2.05) is 0 Å². The topological polar surface area (TPSA) is 0 Å². The first kappa shape index (κ1) is 12.0. The minimum Gasteiger partial charge on any atom is -0.206 e. The minimum absolute atomic E-state index is 0.147. The molecule has 1 radical (unpaired) electrons. The lowest BCUT2D eigenvalue weighted by atomic mass is 10.0. The summed E-state index contributed by atoms with van der Waals surface area (Å²) in [6.45, 7) is 1.55. The van der Waals surface area contributed by atoms with Gasteiger partial charge in [0.15, 0.2) is 0 Å². The zero-order valence-corrected chi connectivity index (χ0v) is 9.58. The Balaban J connectivity index is 2.77. The van der Waals surface area contributed by atoms with Crippen molar-refractivity contribution in [2.24, 2.45) is 0 Å². The van der Waals surface area contributed by atoms with Crippen LogP contribution in [0.25, 0.3) is 11.1 Å². The number of benzene rings is 2. The number of halogens is 4. The predicted molar refractivity (Wildman–Crippen MR) is 60.3 cm³/mol. The van der Waals surface area contributed by atoms with Crippen LogP contribution in [-0.4, -0.2) is 0 Å². The molecule has 0 bridgehead atoms. The minimum atomic E-state index is -0.845. The van der Waals surface area contributed by atoms with Gasteiger partial charge in [0.1, 0.15) is 17.5 Å². The van der Waals surface area contributed by atoms with E-state index in [0.717, 1.165) is 18.2 Å². The molecular formula is C13H7ClF3. The van der Waals surface area contributed by atoms with Crippen LogP contribution in [0.5, 0.6) is 0 Å². The van der Waals surface area contributed by atoms with Crippen LogP contribution in [0.2, 0.25) is 5.02 Å². The van der Waals surface area contributed by atoms with Crippen LogP contribution in [0, 0.1) is 30.4 Å². The van der Waals surface area contributed by atoms with Crippen molar-refractivity contribution in [3.8, 4) is 11.1 Å². The summed E-state index contributed by atoms with van der Waals surface area (Å²) in [5, 5.41) is -0.147. The summed E-state index contributed by atoms with van der Waals surface area (Å²) in [7, 11) is 0. The smallest absolute Gasteiger partial charge is 0.134 e. The Labute approximate surface area is 102 Å². The van der Waals surface area contributed by atoms with Crippen molar-refractivity contribution >= 4 is 11.6 Å². The molecule has 0 aliphatic carbocycles. The van der Waals surface area contributed by atoms with Gasteiger partial charge < -0.3 is 0 Å². The molecule has 0 aliphatic rings. The lowest BCUT2D eigenvalue weighted by molar-refractivity contribution is 0.580. The largest absolute Gasteiger partial charge is 0.206 e. The third-order valence-corrected chi connectivity index (χ3v) is 2.63. The molecule has 0 saturated carbocycles. The van der Waals surface area contributed by atoms with Crippen molar-refractivity contribution in [1.82, 2.24) is 0 Å². The summed E-state index contributed by atoms with van der Waals surface area (Å²) >= 11 is 5.72. The third-order valence-electron chi connectivity index (χ3n) is 2.33. The van der Waals surface area contributed by atoms with Crippen molar-refractivity contribution in [3.05, 3.63) is 58.4 Å². The monoisotopic (exact) mass is 255 g/mol. The first-order valence-electron chi connectivity index (χ1n) is 4.82. The second-order valence-corrected chi connectivity index (χ2v) is 4.00. The molecule has 2 aromatic carbocycles. The summed E-state index contributed by atoms with van der Waals surface area (Å²) in [4.78, 5) is 0. The second kappa shape index (κ2) is 4.41. The van der Waals surface area contributed by atoms with Gasteiger partial charge in [0.05, 0.1) is 10.6 Å². The Bertz CT molecular complexity index is 536. The van der Waals surface area contributed by atoms with E-state index in [9.17, 15) is 13.2 Å². The van der Waals surface area contributed by atoms with Crippen LogP contribution >= 0.6 is 11.6 Å². The van der Waals surface area contributed by atoms with Gasteiger partial charge in [0.2, 0.25) is 0 Å². The van der Waals surface area contributed by atoms with Gasteiger partial charge in [-0.15, -0.1) is 0 Å². The van der Waals surface area contributed by atoms with Crippen LogP contribution in [0.4, 0.5) is 13.2 Å². The highest BCUT2D eigenvalue weighted by atomic mass is 35.5. The molecule has 2 aromatic rings. The van der Waals surface area contributed by atoms with Crippen LogP contribution in [0.15, 0.2) is 24.3 Å². The normalized spacial score (nSPS) is 10.6. The van der Waals surface area contributed by atoms with Crippen LogP contribution in [0.3, 0.4) is 0 Å². The molecule has 4 heteroatoms. The zero-order valence-electron chi connectivity index (χ0n) is 8.82. The molecular weight excluding hydrogens is 249 g/mol. The van der Waals surface area contributed by atoms with Crippen LogP contribution in [-0.2, 0) is 0 Å². The number of hydrogen-bond acceptors (Lipinski definition) is 0. The zero-order chi connectivity index (χ0) is 12.6. The molecule has 87 valence electrons. The van der Waals surface area contributed by atoms with Crippen molar-refractivity contribution in [2.45, 2.75) is 6.92 Å². The summed E-state index contributed by atoms with van der Waals surface area (Å²) in [6, 6.07) is 7.06. The van der Waals surface area contributed by atoms with E-state index in [2.05, 4.69) is 6.07 Å². The maximum atomic E-state index is 13.7. The molecule has 0 unspecified atom stereocenters. The SMILES string of the molecule is Cc1cc(F)c(-c2c(Cl)[c]ccc2F)c(F)c1. The molecule has 0 heterocycles. The van der Waals surface area contributed by atoms with Crippen molar-refractivity contribution in [3.63, 3.8) is 0 Å². The van der Waals surface area contributed by atoms with Gasteiger partial charge in [-0.1, -0.05) is 11.6 Å². The molecule has 0 nitrogen and oxygen atoms in total. The fraction of sp³-hybridized carbons (Fsp3) is 0.0769. The maximum absolute atomic E-state index is 13.7. The predicted octanol–water partition coefficient (Wildman–Crippen LogP) is 4.53. The van der Waals surface area contributed by atoms with Crippen LogP contribution in [0.1, 0.15) is 5.56 Å². The molecule has 17 heavy (non-hydrogen) atoms. The van der Waals surface area contributed by atoms with Gasteiger partial charge in [0, 0.05) is 11.6 Å². The van der Waals surface area contributed by atoms with E-state index < -0.39 is 23.0 Å². The van der Waals surface area contributed by atoms with E-state index in [1.54, 1.807) is 6.92 Å². The molecule has 0 aliphatic heterocycles. The van der Waals surface area contributed by atoms with Crippen molar-refractivity contribution < 1.29 is 13.2 Å². The van der Waals surface area contributed by atoms with E-state index in [1.165, 1.54) is 6.07 Å². The molecule has 0 aromatic heterocycles. The van der Waals surface area contributed by atoms with E-state index >= 15 is 0 Å². The highest BCUT2D eigenvalue weighted by molar-refractivity contribution is 6.33. The van der Waals surface area contributed by atoms with Gasteiger partial charge in [-0.3, -0.25) is 0 Å².